The minimum Gasteiger partial charge on any atom is -0.461 e. The van der Waals surface area contributed by atoms with E-state index < -0.39 is 4.92 Å². The van der Waals surface area contributed by atoms with E-state index in [4.69, 9.17) is 9.47 Å². The number of ether oxygens (including phenoxy) is 2. The molecule has 0 aliphatic heterocycles. The smallest absolute Gasteiger partial charge is 0.329 e. The lowest BCUT2D eigenvalue weighted by atomic mass is 10.1. The van der Waals surface area contributed by atoms with Gasteiger partial charge in [0.2, 0.25) is 5.82 Å². The number of methoxy groups -OCH3 is 1. The van der Waals surface area contributed by atoms with Crippen molar-refractivity contribution >= 4 is 27.4 Å². The summed E-state index contributed by atoms with van der Waals surface area (Å²) in [4.78, 5) is 18.5. The number of rotatable bonds is 9. The fourth-order valence-electron chi connectivity index (χ4n) is 1.89. The molecule has 8 nitrogen and oxygen atoms in total. The largest absolute Gasteiger partial charge is 0.461 e. The maximum atomic E-state index is 11.1. The molecule has 1 aromatic heterocycles. The second kappa shape index (κ2) is 9.14. The number of benzene rings is 1. The van der Waals surface area contributed by atoms with E-state index in [0.29, 0.717) is 19.6 Å². The van der Waals surface area contributed by atoms with Crippen LogP contribution in [0.3, 0.4) is 0 Å². The summed E-state index contributed by atoms with van der Waals surface area (Å²) in [5.41, 5.74) is 0.920. The van der Waals surface area contributed by atoms with Crippen molar-refractivity contribution in [2.75, 3.05) is 32.2 Å². The number of aromatic nitrogens is 2. The molecule has 2 aromatic rings. The summed E-state index contributed by atoms with van der Waals surface area (Å²) in [6.07, 6.45) is 1.84. The van der Waals surface area contributed by atoms with Crippen molar-refractivity contribution in [2.24, 2.45) is 0 Å². The summed E-state index contributed by atoms with van der Waals surface area (Å²) < 4.78 is 11.2. The van der Waals surface area contributed by atoms with Crippen molar-refractivity contribution in [3.05, 3.63) is 50.6 Å². The van der Waals surface area contributed by atoms with Crippen molar-refractivity contribution in [3.8, 4) is 6.01 Å². The second-order valence-electron chi connectivity index (χ2n) is 4.79. The van der Waals surface area contributed by atoms with Gasteiger partial charge in [0.15, 0.2) is 0 Å². The van der Waals surface area contributed by atoms with Crippen molar-refractivity contribution in [1.82, 2.24) is 9.97 Å². The van der Waals surface area contributed by atoms with Gasteiger partial charge in [-0.15, -0.1) is 0 Å². The van der Waals surface area contributed by atoms with Crippen LogP contribution in [0.1, 0.15) is 5.56 Å². The summed E-state index contributed by atoms with van der Waals surface area (Å²) in [5, 5.41) is 14.1. The molecule has 1 aromatic carbocycles. The van der Waals surface area contributed by atoms with Crippen LogP contribution in [-0.4, -0.2) is 41.8 Å². The highest BCUT2D eigenvalue weighted by atomic mass is 79.9. The highest BCUT2D eigenvalue weighted by Gasteiger charge is 2.17. The molecule has 128 valence electrons. The molecule has 1 heterocycles. The number of hydrogen-bond donors (Lipinski definition) is 1. The molecule has 0 bridgehead atoms. The minimum atomic E-state index is -0.527. The lowest BCUT2D eigenvalue weighted by Crippen LogP contribution is -2.11. The first-order chi connectivity index (χ1) is 11.6. The van der Waals surface area contributed by atoms with Gasteiger partial charge in [-0.2, -0.15) is 9.97 Å². The third kappa shape index (κ3) is 5.43. The van der Waals surface area contributed by atoms with Crippen LogP contribution in [0.25, 0.3) is 0 Å². The Morgan fingerprint density at radius 1 is 1.29 bits per heavy atom. The first kappa shape index (κ1) is 18.1. The molecule has 0 aliphatic rings. The van der Waals surface area contributed by atoms with Crippen molar-refractivity contribution in [1.29, 1.82) is 0 Å². The van der Waals surface area contributed by atoms with E-state index in [1.165, 1.54) is 0 Å². The Morgan fingerprint density at radius 2 is 2.04 bits per heavy atom. The Hall–Kier alpha value is -2.26. The number of nitrogens with zero attached hydrogens (tertiary/aromatic N) is 3. The first-order valence-electron chi connectivity index (χ1n) is 7.21. The van der Waals surface area contributed by atoms with Gasteiger partial charge >= 0.3 is 11.7 Å². The van der Waals surface area contributed by atoms with Crippen molar-refractivity contribution in [3.63, 3.8) is 0 Å². The zero-order valence-electron chi connectivity index (χ0n) is 13.1. The summed E-state index contributed by atoms with van der Waals surface area (Å²) in [7, 11) is 1.55. The quantitative estimate of drug-likeness (QED) is 0.395. The van der Waals surface area contributed by atoms with Gasteiger partial charge in [-0.3, -0.25) is 10.1 Å². The number of halogens is 1. The standard InChI is InChI=1S/C15H17BrN4O4/c1-23-8-9-24-15-18-10-13(20(21)22)14(19-15)17-7-6-11-2-4-12(16)5-3-11/h2-5,10H,6-9H2,1H3,(H,17,18,19). The van der Waals surface area contributed by atoms with Crippen LogP contribution < -0.4 is 10.1 Å². The van der Waals surface area contributed by atoms with Crippen molar-refractivity contribution < 1.29 is 14.4 Å². The minimum absolute atomic E-state index is 0.0730. The SMILES string of the molecule is COCCOc1ncc([N+](=O)[O-])c(NCCc2ccc(Br)cc2)n1. The van der Waals surface area contributed by atoms with E-state index in [-0.39, 0.29) is 24.1 Å². The third-order valence-electron chi connectivity index (χ3n) is 3.08. The van der Waals surface area contributed by atoms with Gasteiger partial charge in [-0.05, 0) is 24.1 Å². The molecule has 0 spiro atoms. The van der Waals surface area contributed by atoms with Gasteiger partial charge in [0.05, 0.1) is 11.5 Å². The van der Waals surface area contributed by atoms with Crippen LogP contribution in [0, 0.1) is 10.1 Å². The Balaban J connectivity index is 2.01. The maximum absolute atomic E-state index is 11.1. The molecule has 0 atom stereocenters. The van der Waals surface area contributed by atoms with Gasteiger partial charge in [0.1, 0.15) is 12.8 Å². The van der Waals surface area contributed by atoms with Gasteiger partial charge in [0.25, 0.3) is 0 Å². The van der Waals surface area contributed by atoms with E-state index >= 15 is 0 Å². The Kier molecular flexibility index (Phi) is 6.89. The summed E-state index contributed by atoms with van der Waals surface area (Å²) >= 11 is 3.38. The van der Waals surface area contributed by atoms with Crippen LogP contribution in [0.15, 0.2) is 34.9 Å². The van der Waals surface area contributed by atoms with E-state index in [1.807, 2.05) is 24.3 Å². The van der Waals surface area contributed by atoms with E-state index in [1.54, 1.807) is 7.11 Å². The number of nitro groups is 1. The molecule has 0 radical (unpaired) electrons. The molecule has 1 N–H and O–H groups in total. The summed E-state index contributed by atoms with van der Waals surface area (Å²) in [6, 6.07) is 7.94. The van der Waals surface area contributed by atoms with E-state index in [2.05, 4.69) is 31.2 Å². The topological polar surface area (TPSA) is 99.4 Å². The highest BCUT2D eigenvalue weighted by Crippen LogP contribution is 2.22. The third-order valence-corrected chi connectivity index (χ3v) is 3.61. The summed E-state index contributed by atoms with van der Waals surface area (Å²) in [5.74, 6) is 0.138. The van der Waals surface area contributed by atoms with Crippen LogP contribution >= 0.6 is 15.9 Å². The summed E-state index contributed by atoms with van der Waals surface area (Å²) in [6.45, 7) is 1.15. The van der Waals surface area contributed by atoms with Gasteiger partial charge in [-0.1, -0.05) is 28.1 Å². The number of nitrogens with one attached hydrogen (secondary N) is 1. The van der Waals surface area contributed by atoms with Crippen LogP contribution in [0.4, 0.5) is 11.5 Å². The molecule has 9 heteroatoms. The highest BCUT2D eigenvalue weighted by molar-refractivity contribution is 9.10. The molecule has 0 aliphatic carbocycles. The average Bonchev–Trinajstić information content (AvgIpc) is 2.57. The van der Waals surface area contributed by atoms with E-state index in [9.17, 15) is 10.1 Å². The fourth-order valence-corrected chi connectivity index (χ4v) is 2.15. The monoisotopic (exact) mass is 396 g/mol. The van der Waals surface area contributed by atoms with E-state index in [0.717, 1.165) is 16.2 Å². The lowest BCUT2D eigenvalue weighted by molar-refractivity contribution is -0.384. The Labute approximate surface area is 147 Å². The van der Waals surface area contributed by atoms with Gasteiger partial charge in [-0.25, -0.2) is 0 Å². The zero-order chi connectivity index (χ0) is 17.4. The van der Waals surface area contributed by atoms with Crippen molar-refractivity contribution in [2.45, 2.75) is 6.42 Å². The molecule has 0 unspecified atom stereocenters. The molecular formula is C15H17BrN4O4. The predicted molar refractivity (Wildman–Crippen MR) is 92.4 cm³/mol. The molecule has 0 amide bonds. The number of anilines is 1. The normalized spacial score (nSPS) is 10.4. The predicted octanol–water partition coefficient (Wildman–Crippen LogP) is 2.83. The first-order valence-corrected chi connectivity index (χ1v) is 8.01. The molecule has 2 rings (SSSR count). The molecule has 0 fully saturated rings. The van der Waals surface area contributed by atoms with Crippen LogP contribution in [0.5, 0.6) is 6.01 Å². The van der Waals surface area contributed by atoms with Crippen LogP contribution in [-0.2, 0) is 11.2 Å². The maximum Gasteiger partial charge on any atom is 0.329 e. The average molecular weight is 397 g/mol. The molecule has 0 saturated carbocycles. The Bertz CT molecular complexity index is 682. The van der Waals surface area contributed by atoms with Gasteiger partial charge in [0, 0.05) is 18.1 Å². The molecule has 24 heavy (non-hydrogen) atoms. The Morgan fingerprint density at radius 3 is 2.71 bits per heavy atom. The number of hydrogen-bond acceptors (Lipinski definition) is 7. The fraction of sp³-hybridized carbons (Fsp3) is 0.333. The molecule has 0 saturated heterocycles. The lowest BCUT2D eigenvalue weighted by Gasteiger charge is -2.08. The molecular weight excluding hydrogens is 380 g/mol. The second-order valence-corrected chi connectivity index (χ2v) is 5.70. The van der Waals surface area contributed by atoms with Gasteiger partial charge < -0.3 is 14.8 Å². The zero-order valence-corrected chi connectivity index (χ0v) is 14.7. The van der Waals surface area contributed by atoms with Crippen LogP contribution in [0.2, 0.25) is 0 Å².